The fraction of sp³-hybridized carbons (Fsp3) is 0.714. The van der Waals surface area contributed by atoms with Crippen molar-refractivity contribution in [2.45, 2.75) is 51.6 Å². The van der Waals surface area contributed by atoms with E-state index >= 15 is 0 Å². The lowest BCUT2D eigenvalue weighted by molar-refractivity contribution is -0.172. The number of esters is 1. The van der Waals surface area contributed by atoms with E-state index in [4.69, 9.17) is 4.74 Å². The Labute approximate surface area is 212 Å². The zero-order chi connectivity index (χ0) is 25.9. The molecule has 0 bridgehead atoms. The molecule has 5 rings (SSSR count). The SMILES string of the molecule is CN1CCN(CC(=O)OCC(=O)[C@@]2(O)CC[C@H]3[C@@H]4CCC5=CC(=O)C=C[C@]5(C)[C@H]4C(=O)C[C@@]32C)CC1. The molecular formula is C28H38N2O6. The van der Waals surface area contributed by atoms with E-state index in [0.717, 1.165) is 44.6 Å². The van der Waals surface area contributed by atoms with Crippen LogP contribution in [0.3, 0.4) is 0 Å². The van der Waals surface area contributed by atoms with Crippen molar-refractivity contribution < 1.29 is 29.0 Å². The third kappa shape index (κ3) is 3.92. The number of allylic oxidation sites excluding steroid dienone is 4. The number of ether oxygens (including phenoxy) is 1. The molecule has 1 aliphatic heterocycles. The van der Waals surface area contributed by atoms with Crippen LogP contribution in [0.1, 0.15) is 46.0 Å². The largest absolute Gasteiger partial charge is 0.457 e. The summed E-state index contributed by atoms with van der Waals surface area (Å²) in [5.41, 5.74) is -2.05. The van der Waals surface area contributed by atoms with E-state index in [-0.39, 0.29) is 48.7 Å². The van der Waals surface area contributed by atoms with Crippen LogP contribution in [0.15, 0.2) is 23.8 Å². The molecule has 3 saturated carbocycles. The first-order chi connectivity index (χ1) is 17.0. The lowest BCUT2D eigenvalue weighted by Gasteiger charge is -2.56. The van der Waals surface area contributed by atoms with Crippen molar-refractivity contribution in [3.63, 3.8) is 0 Å². The minimum absolute atomic E-state index is 0.0135. The summed E-state index contributed by atoms with van der Waals surface area (Å²) in [5.74, 6) is -1.15. The number of aliphatic hydroxyl groups is 1. The predicted octanol–water partition coefficient (Wildman–Crippen LogP) is 1.56. The number of nitrogens with zero attached hydrogens (tertiary/aromatic N) is 2. The molecule has 196 valence electrons. The van der Waals surface area contributed by atoms with Gasteiger partial charge in [-0.15, -0.1) is 0 Å². The van der Waals surface area contributed by atoms with Gasteiger partial charge in [-0.1, -0.05) is 25.5 Å². The van der Waals surface area contributed by atoms with Crippen molar-refractivity contribution in [1.29, 1.82) is 0 Å². The Hall–Kier alpha value is -2.16. The van der Waals surface area contributed by atoms with Crippen LogP contribution in [0.4, 0.5) is 0 Å². The Morgan fingerprint density at radius 3 is 2.58 bits per heavy atom. The van der Waals surface area contributed by atoms with Gasteiger partial charge in [-0.2, -0.15) is 0 Å². The van der Waals surface area contributed by atoms with Crippen molar-refractivity contribution in [3.05, 3.63) is 23.8 Å². The standard InChI is InChI=1S/C28H38N2O6/c1-26-8-6-19(31)14-18(26)4-5-20-21-7-9-28(35,27(21,2)15-22(32)25(20)26)23(33)17-36-24(34)16-30-12-10-29(3)11-13-30/h6,8,14,20-21,25,35H,4-5,7,9-13,15-17H2,1-3H3/t20-,21-,25+,26-,27-,28-/m0/s1. The lowest BCUT2D eigenvalue weighted by atomic mass is 9.46. The number of hydrogen-bond acceptors (Lipinski definition) is 8. The molecule has 0 amide bonds. The summed E-state index contributed by atoms with van der Waals surface area (Å²) in [6.45, 7) is 6.88. The average molecular weight is 499 g/mol. The van der Waals surface area contributed by atoms with Gasteiger partial charge in [0, 0.05) is 49.3 Å². The molecule has 8 nitrogen and oxygen atoms in total. The molecule has 5 aliphatic rings. The molecule has 1 N–H and O–H groups in total. The predicted molar refractivity (Wildman–Crippen MR) is 132 cm³/mol. The number of carbonyl (C=O) groups excluding carboxylic acids is 4. The van der Waals surface area contributed by atoms with Gasteiger partial charge >= 0.3 is 5.97 Å². The maximum absolute atomic E-state index is 13.7. The molecule has 1 saturated heterocycles. The highest BCUT2D eigenvalue weighted by molar-refractivity contribution is 6.02. The van der Waals surface area contributed by atoms with E-state index in [1.807, 2.05) is 31.9 Å². The van der Waals surface area contributed by atoms with E-state index in [1.54, 1.807) is 12.2 Å². The number of likely N-dealkylation sites (N-methyl/N-ethyl adjacent to an activating group) is 1. The van der Waals surface area contributed by atoms with Crippen LogP contribution in [0.5, 0.6) is 0 Å². The van der Waals surface area contributed by atoms with Gasteiger partial charge in [0.25, 0.3) is 0 Å². The number of fused-ring (bicyclic) bond motifs is 5. The van der Waals surface area contributed by atoms with Gasteiger partial charge in [0.2, 0.25) is 5.78 Å². The van der Waals surface area contributed by atoms with E-state index in [2.05, 4.69) is 4.90 Å². The van der Waals surface area contributed by atoms with Crippen molar-refractivity contribution >= 4 is 23.3 Å². The summed E-state index contributed by atoms with van der Waals surface area (Å²) in [4.78, 5) is 55.6. The Balaban J connectivity index is 1.28. The second-order valence-corrected chi connectivity index (χ2v) is 12.1. The fourth-order valence-corrected chi connectivity index (χ4v) is 7.99. The fourth-order valence-electron chi connectivity index (χ4n) is 7.99. The van der Waals surface area contributed by atoms with Crippen LogP contribution < -0.4 is 0 Å². The molecule has 0 aromatic rings. The lowest BCUT2D eigenvalue weighted by Crippen LogP contribution is -2.60. The maximum atomic E-state index is 13.7. The van der Waals surface area contributed by atoms with E-state index in [0.29, 0.717) is 6.42 Å². The number of carbonyl (C=O) groups is 4. The molecule has 1 heterocycles. The molecule has 36 heavy (non-hydrogen) atoms. The van der Waals surface area contributed by atoms with Gasteiger partial charge in [-0.05, 0) is 56.7 Å². The zero-order valence-corrected chi connectivity index (χ0v) is 21.6. The van der Waals surface area contributed by atoms with Gasteiger partial charge in [0.15, 0.2) is 12.4 Å². The zero-order valence-electron chi connectivity index (χ0n) is 21.6. The molecule has 4 aliphatic carbocycles. The second-order valence-electron chi connectivity index (χ2n) is 12.1. The minimum atomic E-state index is -1.69. The summed E-state index contributed by atoms with van der Waals surface area (Å²) in [6.07, 6.45) is 7.69. The van der Waals surface area contributed by atoms with Crippen molar-refractivity contribution in [2.75, 3.05) is 46.4 Å². The van der Waals surface area contributed by atoms with Crippen LogP contribution in [-0.4, -0.2) is 90.2 Å². The summed E-state index contributed by atoms with van der Waals surface area (Å²) in [6, 6.07) is 0. The Bertz CT molecular complexity index is 1040. The topological polar surface area (TPSA) is 104 Å². The molecular weight excluding hydrogens is 460 g/mol. The number of ketones is 3. The normalized spacial score (nSPS) is 40.8. The summed E-state index contributed by atoms with van der Waals surface area (Å²) in [7, 11) is 2.04. The van der Waals surface area contributed by atoms with Crippen molar-refractivity contribution in [2.24, 2.45) is 28.6 Å². The minimum Gasteiger partial charge on any atom is -0.457 e. The Morgan fingerprint density at radius 1 is 1.14 bits per heavy atom. The monoisotopic (exact) mass is 498 g/mol. The molecule has 6 atom stereocenters. The van der Waals surface area contributed by atoms with Crippen molar-refractivity contribution in [3.8, 4) is 0 Å². The quantitative estimate of drug-likeness (QED) is 0.570. The molecule has 0 radical (unpaired) electrons. The Kier molecular flexibility index (Phi) is 6.37. The van der Waals surface area contributed by atoms with Crippen LogP contribution in [0.25, 0.3) is 0 Å². The maximum Gasteiger partial charge on any atom is 0.320 e. The number of piperazine rings is 1. The van der Waals surface area contributed by atoms with Crippen LogP contribution >= 0.6 is 0 Å². The van der Waals surface area contributed by atoms with Crippen molar-refractivity contribution in [1.82, 2.24) is 9.80 Å². The highest BCUT2D eigenvalue weighted by Gasteiger charge is 2.68. The molecule has 0 aromatic heterocycles. The van der Waals surface area contributed by atoms with Crippen LogP contribution in [0, 0.1) is 28.6 Å². The molecule has 4 fully saturated rings. The highest BCUT2D eigenvalue weighted by Crippen LogP contribution is 2.66. The third-order valence-electron chi connectivity index (χ3n) is 10.2. The number of Topliss-reactive ketones (excluding diaryl/α,β-unsaturated/α-hetero) is 2. The molecule has 8 heteroatoms. The highest BCUT2D eigenvalue weighted by atomic mass is 16.5. The third-order valence-corrected chi connectivity index (χ3v) is 10.2. The van der Waals surface area contributed by atoms with Gasteiger partial charge < -0.3 is 14.7 Å². The molecule has 0 aromatic carbocycles. The van der Waals surface area contributed by atoms with Crippen LogP contribution in [-0.2, 0) is 23.9 Å². The first-order valence-electron chi connectivity index (χ1n) is 13.3. The van der Waals surface area contributed by atoms with Gasteiger partial charge in [0.1, 0.15) is 11.4 Å². The number of hydrogen-bond donors (Lipinski definition) is 1. The summed E-state index contributed by atoms with van der Waals surface area (Å²) >= 11 is 0. The molecule has 0 spiro atoms. The first kappa shape index (κ1) is 25.5. The smallest absolute Gasteiger partial charge is 0.320 e. The van der Waals surface area contributed by atoms with Gasteiger partial charge in [0.05, 0.1) is 6.54 Å². The summed E-state index contributed by atoms with van der Waals surface area (Å²) < 4.78 is 5.33. The van der Waals surface area contributed by atoms with E-state index < -0.39 is 34.8 Å². The van der Waals surface area contributed by atoms with Crippen LogP contribution in [0.2, 0.25) is 0 Å². The Morgan fingerprint density at radius 2 is 1.86 bits per heavy atom. The van der Waals surface area contributed by atoms with E-state index in [9.17, 15) is 24.3 Å². The number of rotatable bonds is 5. The second kappa shape index (κ2) is 8.99. The summed E-state index contributed by atoms with van der Waals surface area (Å²) in [5, 5.41) is 11.7. The van der Waals surface area contributed by atoms with Gasteiger partial charge in [-0.3, -0.25) is 24.1 Å². The molecule has 0 unspecified atom stereocenters. The average Bonchev–Trinajstić information content (AvgIpc) is 3.10. The van der Waals surface area contributed by atoms with Gasteiger partial charge in [-0.25, -0.2) is 0 Å². The first-order valence-corrected chi connectivity index (χ1v) is 13.3. The van der Waals surface area contributed by atoms with E-state index in [1.165, 1.54) is 0 Å².